The number of hydrogen-bond acceptors (Lipinski definition) is 4. The maximum Gasteiger partial charge on any atom is 0.286 e. The number of benzene rings is 1. The average molecular weight is 229 g/mol. The topological polar surface area (TPSA) is 77.8 Å². The lowest BCUT2D eigenvalue weighted by atomic mass is 10.1. The van der Waals surface area contributed by atoms with Crippen molar-refractivity contribution in [3.63, 3.8) is 0 Å². The summed E-state index contributed by atoms with van der Waals surface area (Å²) in [6.07, 6.45) is 0.241. The molecule has 0 saturated carbocycles. The van der Waals surface area contributed by atoms with Crippen LogP contribution in [0.3, 0.4) is 0 Å². The minimum Gasteiger partial charge on any atom is -0.508 e. The van der Waals surface area contributed by atoms with Gasteiger partial charge >= 0.3 is 0 Å². The van der Waals surface area contributed by atoms with Gasteiger partial charge in [0.05, 0.1) is 0 Å². The number of phenols is 1. The number of rotatable bonds is 1. The Hall–Kier alpha value is -1.27. The first-order chi connectivity index (χ1) is 6.89. The molecule has 0 aromatic heterocycles. The van der Waals surface area contributed by atoms with E-state index in [4.69, 9.17) is 4.55 Å². The van der Waals surface area contributed by atoms with Gasteiger partial charge in [-0.1, -0.05) is 6.07 Å². The maximum atomic E-state index is 11.0. The first-order valence-corrected chi connectivity index (χ1v) is 5.91. The molecular weight excluding hydrogens is 218 g/mol. The number of likely N-dealkylation sites (N-methyl/N-ethyl adjacent to an activating group) is 1. The van der Waals surface area contributed by atoms with E-state index in [1.165, 1.54) is 17.0 Å². The normalized spacial score (nSPS) is 20.4. The summed E-state index contributed by atoms with van der Waals surface area (Å²) in [4.78, 5) is 1.45. The van der Waals surface area contributed by atoms with Crippen LogP contribution in [0.15, 0.2) is 18.2 Å². The summed E-state index contributed by atoms with van der Waals surface area (Å²) in [5.74, 6) is 0.0802. The molecular formula is C9H11NO4S. The molecule has 82 valence electrons. The van der Waals surface area contributed by atoms with Crippen molar-refractivity contribution in [3.8, 4) is 5.75 Å². The lowest BCUT2D eigenvalue weighted by molar-refractivity contribution is 0.466. The molecule has 15 heavy (non-hydrogen) atoms. The number of phenolic OH excluding ortho intramolecular Hbond substituents is 1. The molecule has 6 heteroatoms. The molecule has 1 aliphatic heterocycles. The van der Waals surface area contributed by atoms with Crippen LogP contribution in [0.2, 0.25) is 0 Å². The summed E-state index contributed by atoms with van der Waals surface area (Å²) in [5, 5.41) is 8.31. The average Bonchev–Trinajstić information content (AvgIpc) is 2.43. The summed E-state index contributed by atoms with van der Waals surface area (Å²) < 4.78 is 31.1. The van der Waals surface area contributed by atoms with Crippen LogP contribution >= 0.6 is 0 Å². The number of nitrogens with zero attached hydrogens (tertiary/aromatic N) is 1. The van der Waals surface area contributed by atoms with E-state index in [1.54, 1.807) is 13.1 Å². The Morgan fingerprint density at radius 3 is 2.73 bits per heavy atom. The molecule has 1 heterocycles. The Labute approximate surface area is 87.7 Å². The van der Waals surface area contributed by atoms with Gasteiger partial charge in [-0.2, -0.15) is 8.42 Å². The molecule has 0 fully saturated rings. The van der Waals surface area contributed by atoms with E-state index in [2.05, 4.69) is 0 Å². The van der Waals surface area contributed by atoms with Gasteiger partial charge in [-0.3, -0.25) is 4.55 Å². The van der Waals surface area contributed by atoms with Crippen LogP contribution in [0.25, 0.3) is 0 Å². The van der Waals surface area contributed by atoms with Crippen LogP contribution < -0.4 is 4.90 Å². The fourth-order valence-corrected chi connectivity index (χ4v) is 2.74. The van der Waals surface area contributed by atoms with E-state index in [0.717, 1.165) is 5.56 Å². The van der Waals surface area contributed by atoms with E-state index in [1.807, 2.05) is 0 Å². The first-order valence-electron chi connectivity index (χ1n) is 4.40. The molecule has 0 aliphatic carbocycles. The van der Waals surface area contributed by atoms with E-state index >= 15 is 0 Å². The molecule has 1 aromatic rings. The SMILES string of the molecule is CN1c2cc(O)ccc2C[C@@H]1S(=O)(=O)O. The summed E-state index contributed by atoms with van der Waals surface area (Å²) in [6.45, 7) is 0. The van der Waals surface area contributed by atoms with Gasteiger partial charge in [-0.05, 0) is 11.6 Å². The van der Waals surface area contributed by atoms with Crippen molar-refractivity contribution in [2.75, 3.05) is 11.9 Å². The second-order valence-corrected chi connectivity index (χ2v) is 5.17. The predicted molar refractivity (Wildman–Crippen MR) is 55.6 cm³/mol. The van der Waals surface area contributed by atoms with Crippen LogP contribution in [-0.4, -0.2) is 30.5 Å². The van der Waals surface area contributed by atoms with Crippen molar-refractivity contribution in [3.05, 3.63) is 23.8 Å². The van der Waals surface area contributed by atoms with Crippen LogP contribution in [0.5, 0.6) is 5.75 Å². The zero-order valence-electron chi connectivity index (χ0n) is 8.08. The standard InChI is InChI=1S/C9H11NO4S/c1-10-8-5-7(11)3-2-6(8)4-9(10)15(12,13)14/h2-3,5,9,11H,4H2,1H3,(H,12,13,14)/t9-/m0/s1. The highest BCUT2D eigenvalue weighted by atomic mass is 32.2. The number of aromatic hydroxyl groups is 1. The van der Waals surface area contributed by atoms with E-state index < -0.39 is 15.5 Å². The largest absolute Gasteiger partial charge is 0.508 e. The molecule has 1 atom stereocenters. The molecule has 5 nitrogen and oxygen atoms in total. The highest BCUT2D eigenvalue weighted by Crippen LogP contribution is 2.35. The molecule has 0 saturated heterocycles. The fourth-order valence-electron chi connectivity index (χ4n) is 1.84. The van der Waals surface area contributed by atoms with Crippen LogP contribution in [-0.2, 0) is 16.5 Å². The Bertz CT molecular complexity index is 497. The van der Waals surface area contributed by atoms with Crippen molar-refractivity contribution in [1.82, 2.24) is 0 Å². The van der Waals surface area contributed by atoms with Crippen LogP contribution in [0.1, 0.15) is 5.56 Å². The summed E-state index contributed by atoms with van der Waals surface area (Å²) in [5.41, 5.74) is 1.44. The smallest absolute Gasteiger partial charge is 0.286 e. The Morgan fingerprint density at radius 2 is 2.13 bits per heavy atom. The van der Waals surface area contributed by atoms with Crippen molar-refractivity contribution < 1.29 is 18.1 Å². The van der Waals surface area contributed by atoms with Crippen molar-refractivity contribution in [2.24, 2.45) is 0 Å². The molecule has 0 spiro atoms. The maximum absolute atomic E-state index is 11.0. The summed E-state index contributed by atoms with van der Waals surface area (Å²) >= 11 is 0. The van der Waals surface area contributed by atoms with Gasteiger partial charge < -0.3 is 10.0 Å². The quantitative estimate of drug-likeness (QED) is 0.689. The van der Waals surface area contributed by atoms with E-state index in [9.17, 15) is 13.5 Å². The van der Waals surface area contributed by atoms with Gasteiger partial charge in [-0.15, -0.1) is 0 Å². The van der Waals surface area contributed by atoms with Gasteiger partial charge in [0.2, 0.25) is 0 Å². The van der Waals surface area contributed by atoms with Crippen LogP contribution in [0, 0.1) is 0 Å². The molecule has 1 aromatic carbocycles. The monoisotopic (exact) mass is 229 g/mol. The summed E-state index contributed by atoms with van der Waals surface area (Å²) in [6, 6.07) is 4.64. The van der Waals surface area contributed by atoms with Gasteiger partial charge in [0, 0.05) is 25.2 Å². The van der Waals surface area contributed by atoms with Gasteiger partial charge in [0.15, 0.2) is 5.37 Å². The van der Waals surface area contributed by atoms with Crippen molar-refractivity contribution >= 4 is 15.8 Å². The molecule has 0 unspecified atom stereocenters. The van der Waals surface area contributed by atoms with E-state index in [0.29, 0.717) is 5.69 Å². The van der Waals surface area contributed by atoms with Gasteiger partial charge in [0.25, 0.3) is 10.1 Å². The predicted octanol–water partition coefficient (Wildman–Crippen LogP) is 0.598. The third-order valence-corrected chi connectivity index (χ3v) is 3.79. The summed E-state index contributed by atoms with van der Waals surface area (Å²) in [7, 11) is -2.51. The molecule has 1 aliphatic rings. The second-order valence-electron chi connectivity index (χ2n) is 3.60. The number of anilines is 1. The minimum absolute atomic E-state index is 0.0802. The lowest BCUT2D eigenvalue weighted by Crippen LogP contribution is -2.35. The Balaban J connectivity index is 2.46. The first kappa shape index (κ1) is 10.3. The fraction of sp³-hybridized carbons (Fsp3) is 0.333. The van der Waals surface area contributed by atoms with Crippen molar-refractivity contribution in [2.45, 2.75) is 11.8 Å². The highest BCUT2D eigenvalue weighted by Gasteiger charge is 2.35. The van der Waals surface area contributed by atoms with Gasteiger partial charge in [0.1, 0.15) is 5.75 Å². The third kappa shape index (κ3) is 1.66. The van der Waals surface area contributed by atoms with E-state index in [-0.39, 0.29) is 12.2 Å². The number of hydrogen-bond donors (Lipinski definition) is 2. The van der Waals surface area contributed by atoms with Gasteiger partial charge in [-0.25, -0.2) is 0 Å². The lowest BCUT2D eigenvalue weighted by Gasteiger charge is -2.19. The molecule has 0 amide bonds. The van der Waals surface area contributed by atoms with Crippen molar-refractivity contribution in [1.29, 1.82) is 0 Å². The zero-order valence-corrected chi connectivity index (χ0v) is 8.90. The van der Waals surface area contributed by atoms with Crippen LogP contribution in [0.4, 0.5) is 5.69 Å². The zero-order chi connectivity index (χ0) is 11.2. The molecule has 0 radical (unpaired) electrons. The highest BCUT2D eigenvalue weighted by molar-refractivity contribution is 7.86. The minimum atomic E-state index is -4.09. The second kappa shape index (κ2) is 3.11. The molecule has 2 rings (SSSR count). The Kier molecular flexibility index (Phi) is 2.13. The Morgan fingerprint density at radius 1 is 1.47 bits per heavy atom. The third-order valence-electron chi connectivity index (χ3n) is 2.62. The number of fused-ring (bicyclic) bond motifs is 1. The molecule has 0 bridgehead atoms. The molecule has 2 N–H and O–H groups in total.